The molecule has 1 aromatic carbocycles. The maximum absolute atomic E-state index is 11.7. The van der Waals surface area contributed by atoms with Gasteiger partial charge in [0.15, 0.2) is 6.61 Å². The Balaban J connectivity index is 2.39. The fourth-order valence-electron chi connectivity index (χ4n) is 1.48. The van der Waals surface area contributed by atoms with E-state index in [4.69, 9.17) is 32.7 Å². The number of hydrogen-bond donors (Lipinski definition) is 2. The van der Waals surface area contributed by atoms with Crippen molar-refractivity contribution in [1.29, 1.82) is 0 Å². The first-order chi connectivity index (χ1) is 9.84. The molecule has 0 heterocycles. The summed E-state index contributed by atoms with van der Waals surface area (Å²) in [6.45, 7) is 1.95. The summed E-state index contributed by atoms with van der Waals surface area (Å²) in [6, 6.07) is 4.75. The Kier molecular flexibility index (Phi) is 7.25. The number of nitrogens with one attached hydrogen (secondary N) is 1. The third-order valence-electron chi connectivity index (χ3n) is 2.76. The quantitative estimate of drug-likeness (QED) is 0.764. The van der Waals surface area contributed by atoms with Crippen molar-refractivity contribution in [2.45, 2.75) is 18.9 Å². The monoisotopic (exact) mass is 335 g/mol. The molecule has 2 N–H and O–H groups in total. The van der Waals surface area contributed by atoms with E-state index in [2.05, 4.69) is 5.32 Å². The number of ether oxygens (including phenoxy) is 2. The number of benzene rings is 1. The summed E-state index contributed by atoms with van der Waals surface area (Å²) in [4.78, 5) is 11.7. The van der Waals surface area contributed by atoms with Crippen LogP contribution in [0, 0.1) is 0 Å². The minimum atomic E-state index is -1.03. The fourth-order valence-corrected chi connectivity index (χ4v) is 1.82. The number of halogens is 2. The Hall–Kier alpha value is -1.01. The SMILES string of the molecule is COCCC(C)(O)CNC(=O)COc1cc(Cl)ccc1Cl. The van der Waals surface area contributed by atoms with Gasteiger partial charge in [0.1, 0.15) is 5.75 Å². The van der Waals surface area contributed by atoms with E-state index in [0.717, 1.165) is 0 Å². The fraction of sp³-hybridized carbons (Fsp3) is 0.500. The molecule has 1 aromatic rings. The zero-order chi connectivity index (χ0) is 15.9. The predicted octanol–water partition coefficient (Wildman–Crippen LogP) is 2.28. The first kappa shape index (κ1) is 18.0. The summed E-state index contributed by atoms with van der Waals surface area (Å²) in [5, 5.41) is 13.4. The summed E-state index contributed by atoms with van der Waals surface area (Å²) in [5.41, 5.74) is -1.03. The maximum Gasteiger partial charge on any atom is 0.258 e. The zero-order valence-electron chi connectivity index (χ0n) is 12.0. The lowest BCUT2D eigenvalue weighted by Crippen LogP contribution is -2.42. The minimum absolute atomic E-state index is 0.113. The van der Waals surface area contributed by atoms with Crippen molar-refractivity contribution in [3.63, 3.8) is 0 Å². The van der Waals surface area contributed by atoms with Crippen molar-refractivity contribution < 1.29 is 19.4 Å². The Morgan fingerprint density at radius 3 is 2.81 bits per heavy atom. The van der Waals surface area contributed by atoms with Gasteiger partial charge in [-0.3, -0.25) is 4.79 Å². The van der Waals surface area contributed by atoms with Crippen molar-refractivity contribution in [1.82, 2.24) is 5.32 Å². The molecule has 0 saturated heterocycles. The second-order valence-corrected chi connectivity index (χ2v) is 5.72. The molecule has 118 valence electrons. The van der Waals surface area contributed by atoms with Crippen LogP contribution in [0.4, 0.5) is 0 Å². The number of rotatable bonds is 8. The van der Waals surface area contributed by atoms with Crippen LogP contribution in [0.15, 0.2) is 18.2 Å². The van der Waals surface area contributed by atoms with E-state index in [9.17, 15) is 9.90 Å². The second kappa shape index (κ2) is 8.44. The molecule has 7 heteroatoms. The van der Waals surface area contributed by atoms with E-state index < -0.39 is 5.60 Å². The van der Waals surface area contributed by atoms with E-state index in [1.807, 2.05) is 0 Å². The lowest BCUT2D eigenvalue weighted by Gasteiger charge is -2.23. The predicted molar refractivity (Wildman–Crippen MR) is 82.1 cm³/mol. The summed E-state index contributed by atoms with van der Waals surface area (Å²) >= 11 is 11.7. The van der Waals surface area contributed by atoms with Crippen LogP contribution in [-0.2, 0) is 9.53 Å². The molecule has 0 spiro atoms. The highest BCUT2D eigenvalue weighted by atomic mass is 35.5. The molecule has 1 unspecified atom stereocenters. The lowest BCUT2D eigenvalue weighted by atomic mass is 10.0. The highest BCUT2D eigenvalue weighted by molar-refractivity contribution is 6.34. The van der Waals surface area contributed by atoms with Gasteiger partial charge in [0.05, 0.1) is 10.6 Å². The summed E-state index contributed by atoms with van der Waals surface area (Å²) in [6.07, 6.45) is 0.421. The number of amides is 1. The summed E-state index contributed by atoms with van der Waals surface area (Å²) < 4.78 is 10.2. The topological polar surface area (TPSA) is 67.8 Å². The Labute approximate surface area is 134 Å². The largest absolute Gasteiger partial charge is 0.482 e. The molecule has 21 heavy (non-hydrogen) atoms. The molecule has 1 amide bonds. The van der Waals surface area contributed by atoms with E-state index in [1.165, 1.54) is 6.07 Å². The Morgan fingerprint density at radius 1 is 1.43 bits per heavy atom. The van der Waals surface area contributed by atoms with E-state index >= 15 is 0 Å². The Morgan fingerprint density at radius 2 is 2.14 bits per heavy atom. The molecule has 0 saturated carbocycles. The van der Waals surface area contributed by atoms with Gasteiger partial charge in [-0.1, -0.05) is 23.2 Å². The van der Waals surface area contributed by atoms with Crippen LogP contribution >= 0.6 is 23.2 Å². The van der Waals surface area contributed by atoms with Gasteiger partial charge in [0, 0.05) is 37.8 Å². The first-order valence-corrected chi connectivity index (χ1v) is 7.15. The summed E-state index contributed by atoms with van der Waals surface area (Å²) in [5.74, 6) is -0.0193. The first-order valence-electron chi connectivity index (χ1n) is 6.40. The molecular weight excluding hydrogens is 317 g/mol. The molecule has 0 aliphatic heterocycles. The maximum atomic E-state index is 11.7. The normalized spacial score (nSPS) is 13.6. The number of carbonyl (C=O) groups is 1. The van der Waals surface area contributed by atoms with Crippen molar-refractivity contribution in [3.8, 4) is 5.75 Å². The smallest absolute Gasteiger partial charge is 0.258 e. The molecule has 0 aliphatic carbocycles. The highest BCUT2D eigenvalue weighted by Gasteiger charge is 2.21. The third-order valence-corrected chi connectivity index (χ3v) is 3.31. The molecule has 0 radical (unpaired) electrons. The van der Waals surface area contributed by atoms with Crippen molar-refractivity contribution in [3.05, 3.63) is 28.2 Å². The van der Waals surface area contributed by atoms with E-state index in [0.29, 0.717) is 28.8 Å². The molecule has 1 rings (SSSR count). The van der Waals surface area contributed by atoms with Gasteiger partial charge in [-0.25, -0.2) is 0 Å². The lowest BCUT2D eigenvalue weighted by molar-refractivity contribution is -0.124. The molecular formula is C14H19Cl2NO4. The van der Waals surface area contributed by atoms with Crippen LogP contribution < -0.4 is 10.1 Å². The van der Waals surface area contributed by atoms with Gasteiger partial charge < -0.3 is 19.9 Å². The number of methoxy groups -OCH3 is 1. The van der Waals surface area contributed by atoms with Crippen LogP contribution in [0.25, 0.3) is 0 Å². The van der Waals surface area contributed by atoms with Crippen LogP contribution in [0.5, 0.6) is 5.75 Å². The molecule has 0 aromatic heterocycles. The van der Waals surface area contributed by atoms with Crippen LogP contribution in [0.2, 0.25) is 10.0 Å². The van der Waals surface area contributed by atoms with E-state index in [-0.39, 0.29) is 19.1 Å². The van der Waals surface area contributed by atoms with Gasteiger partial charge in [-0.05, 0) is 19.1 Å². The zero-order valence-corrected chi connectivity index (χ0v) is 13.5. The third kappa shape index (κ3) is 7.00. The molecule has 0 bridgehead atoms. The van der Waals surface area contributed by atoms with Gasteiger partial charge in [-0.2, -0.15) is 0 Å². The van der Waals surface area contributed by atoms with Crippen LogP contribution in [-0.4, -0.2) is 43.5 Å². The number of hydrogen-bond acceptors (Lipinski definition) is 4. The van der Waals surface area contributed by atoms with E-state index in [1.54, 1.807) is 26.2 Å². The van der Waals surface area contributed by atoms with Gasteiger partial charge >= 0.3 is 0 Å². The van der Waals surface area contributed by atoms with Crippen molar-refractivity contribution in [2.75, 3.05) is 26.9 Å². The van der Waals surface area contributed by atoms with Crippen LogP contribution in [0.3, 0.4) is 0 Å². The standard InChI is InChI=1S/C14H19Cl2NO4/c1-14(19,5-6-20-2)9-17-13(18)8-21-12-7-10(15)3-4-11(12)16/h3-4,7,19H,5-6,8-9H2,1-2H3,(H,17,18). The van der Waals surface area contributed by atoms with Crippen molar-refractivity contribution in [2.24, 2.45) is 0 Å². The van der Waals surface area contributed by atoms with Crippen molar-refractivity contribution >= 4 is 29.1 Å². The summed E-state index contributed by atoms with van der Waals surface area (Å²) in [7, 11) is 1.55. The molecule has 0 fully saturated rings. The minimum Gasteiger partial charge on any atom is -0.482 e. The van der Waals surface area contributed by atoms with Gasteiger partial charge in [-0.15, -0.1) is 0 Å². The average molecular weight is 336 g/mol. The van der Waals surface area contributed by atoms with Gasteiger partial charge in [0.2, 0.25) is 0 Å². The van der Waals surface area contributed by atoms with Gasteiger partial charge in [0.25, 0.3) is 5.91 Å². The number of aliphatic hydroxyl groups is 1. The van der Waals surface area contributed by atoms with Crippen LogP contribution in [0.1, 0.15) is 13.3 Å². The number of carbonyl (C=O) groups excluding carboxylic acids is 1. The second-order valence-electron chi connectivity index (χ2n) is 4.88. The molecule has 5 nitrogen and oxygen atoms in total. The average Bonchev–Trinajstić information content (AvgIpc) is 2.44. The highest BCUT2D eigenvalue weighted by Crippen LogP contribution is 2.27. The Bertz CT molecular complexity index is 480. The molecule has 0 aliphatic rings. The molecule has 1 atom stereocenters.